The lowest BCUT2D eigenvalue weighted by Gasteiger charge is -2.40. The lowest BCUT2D eigenvalue weighted by molar-refractivity contribution is -0.142. The van der Waals surface area contributed by atoms with Crippen LogP contribution in [0.3, 0.4) is 0 Å². The molecule has 2 atom stereocenters. The van der Waals surface area contributed by atoms with E-state index in [1.165, 1.54) is 0 Å². The van der Waals surface area contributed by atoms with Gasteiger partial charge in [0.1, 0.15) is 55.7 Å². The molecule has 1 aliphatic rings. The molecule has 10 nitrogen and oxygen atoms in total. The highest BCUT2D eigenvalue weighted by molar-refractivity contribution is 6.13. The number of amides is 1. The van der Waals surface area contributed by atoms with Gasteiger partial charge in [0, 0.05) is 23.4 Å². The molecule has 4 aromatic rings. The Bertz CT molecular complexity index is 1680. The van der Waals surface area contributed by atoms with E-state index in [4.69, 9.17) is 18.9 Å². The van der Waals surface area contributed by atoms with Gasteiger partial charge < -0.3 is 29.2 Å². The first-order valence-electron chi connectivity index (χ1n) is 15.2. The molecule has 0 radical (unpaired) electrons. The fourth-order valence-corrected chi connectivity index (χ4v) is 5.54. The van der Waals surface area contributed by atoms with Gasteiger partial charge in [-0.1, -0.05) is 73.8 Å². The monoisotopic (exact) mass is 649 g/mol. The van der Waals surface area contributed by atoms with Gasteiger partial charge in [-0.25, -0.2) is 9.59 Å². The van der Waals surface area contributed by atoms with Gasteiger partial charge >= 0.3 is 11.9 Å². The number of rotatable bonds is 15. The smallest absolute Gasteiger partial charge is 0.330 e. The van der Waals surface area contributed by atoms with Crippen LogP contribution in [0.25, 0.3) is 0 Å². The molecule has 1 heterocycles. The van der Waals surface area contributed by atoms with Crippen LogP contribution in [0, 0.1) is 0 Å². The molecule has 0 saturated heterocycles. The number of anilines is 1. The normalized spacial score (nSPS) is 16.3. The molecular weight excluding hydrogens is 614 g/mol. The predicted molar refractivity (Wildman–Crippen MR) is 178 cm³/mol. The molecule has 48 heavy (non-hydrogen) atoms. The van der Waals surface area contributed by atoms with Gasteiger partial charge in [0.05, 0.1) is 0 Å². The molecule has 246 valence electrons. The van der Waals surface area contributed by atoms with Crippen LogP contribution in [0.2, 0.25) is 0 Å². The van der Waals surface area contributed by atoms with Gasteiger partial charge in [-0.05, 0) is 59.2 Å². The Balaban J connectivity index is 1.49. The van der Waals surface area contributed by atoms with Crippen molar-refractivity contribution >= 4 is 23.5 Å². The molecule has 1 amide bonds. The predicted octanol–water partition coefficient (Wildman–Crippen LogP) is 4.58. The molecule has 0 bridgehead atoms. The second-order valence-electron chi connectivity index (χ2n) is 10.9. The van der Waals surface area contributed by atoms with Crippen molar-refractivity contribution in [3.63, 3.8) is 0 Å². The number of fused-ring (bicyclic) bond motifs is 1. The number of benzene rings is 4. The fraction of sp³-hybridized carbons (Fsp3) is 0.184. The van der Waals surface area contributed by atoms with Crippen molar-refractivity contribution in [3.8, 4) is 11.5 Å². The Morgan fingerprint density at radius 3 is 1.60 bits per heavy atom. The number of hydrogen-bond donors (Lipinski definition) is 2. The zero-order valence-electron chi connectivity index (χ0n) is 26.1. The zero-order chi connectivity index (χ0) is 34.1. The van der Waals surface area contributed by atoms with E-state index in [-0.39, 0.29) is 32.3 Å². The second-order valence-corrected chi connectivity index (χ2v) is 10.9. The van der Waals surface area contributed by atoms with Crippen molar-refractivity contribution in [2.45, 2.75) is 17.7 Å². The van der Waals surface area contributed by atoms with Gasteiger partial charge in [-0.15, -0.1) is 0 Å². The van der Waals surface area contributed by atoms with E-state index < -0.39 is 29.7 Å². The molecule has 0 fully saturated rings. The molecule has 2 unspecified atom stereocenters. The van der Waals surface area contributed by atoms with E-state index in [2.05, 4.69) is 13.2 Å². The van der Waals surface area contributed by atoms with Crippen molar-refractivity contribution in [1.29, 1.82) is 0 Å². The molecule has 2 N–H and O–H groups in total. The van der Waals surface area contributed by atoms with E-state index in [9.17, 15) is 24.6 Å². The molecule has 5 rings (SSSR count). The minimum atomic E-state index is -1.11. The summed E-state index contributed by atoms with van der Waals surface area (Å²) in [7, 11) is 0. The summed E-state index contributed by atoms with van der Waals surface area (Å²) in [4.78, 5) is 38.7. The van der Waals surface area contributed by atoms with Gasteiger partial charge in [0.2, 0.25) is 0 Å². The second kappa shape index (κ2) is 15.3. The highest BCUT2D eigenvalue weighted by Crippen LogP contribution is 2.51. The van der Waals surface area contributed by atoms with Crippen LogP contribution in [0.4, 0.5) is 5.69 Å². The molecule has 10 heteroatoms. The van der Waals surface area contributed by atoms with E-state index in [0.29, 0.717) is 22.7 Å². The molecule has 0 aromatic heterocycles. The highest BCUT2D eigenvalue weighted by Gasteiger charge is 2.52. The maximum Gasteiger partial charge on any atom is 0.330 e. The van der Waals surface area contributed by atoms with Gasteiger partial charge in [0.15, 0.2) is 0 Å². The minimum absolute atomic E-state index is 0.112. The summed E-state index contributed by atoms with van der Waals surface area (Å²) in [5.74, 6) is -0.517. The van der Waals surface area contributed by atoms with Crippen molar-refractivity contribution in [2.24, 2.45) is 0 Å². The third-order valence-corrected chi connectivity index (χ3v) is 7.70. The Hall–Kier alpha value is -5.71. The maximum absolute atomic E-state index is 14.2. The molecule has 0 saturated carbocycles. The SMILES string of the molecule is C=CC(=O)OCC(O)COc1ccc(C2(c3ccc(OCC(O)COC(=O)C=C)cc3)c3ccccc3C(=O)N2c2ccccc2)cc1. The van der Waals surface area contributed by atoms with Crippen LogP contribution in [0.5, 0.6) is 11.5 Å². The molecule has 0 aliphatic carbocycles. The van der Waals surface area contributed by atoms with Crippen LogP contribution >= 0.6 is 0 Å². The Labute approximate surface area is 278 Å². The third-order valence-electron chi connectivity index (χ3n) is 7.70. The summed E-state index contributed by atoms with van der Waals surface area (Å²) >= 11 is 0. The van der Waals surface area contributed by atoms with Crippen molar-refractivity contribution in [3.05, 3.63) is 151 Å². The number of hydrogen-bond acceptors (Lipinski definition) is 9. The van der Waals surface area contributed by atoms with Crippen LogP contribution in [0.1, 0.15) is 27.0 Å². The van der Waals surface area contributed by atoms with Crippen molar-refractivity contribution in [2.75, 3.05) is 31.3 Å². The van der Waals surface area contributed by atoms with Crippen molar-refractivity contribution < 1.29 is 43.5 Å². The van der Waals surface area contributed by atoms with Crippen LogP contribution < -0.4 is 14.4 Å². The van der Waals surface area contributed by atoms with Crippen molar-refractivity contribution in [1.82, 2.24) is 0 Å². The summed E-state index contributed by atoms with van der Waals surface area (Å²) in [6.45, 7) is 5.97. The average Bonchev–Trinajstić information content (AvgIpc) is 3.40. The highest BCUT2D eigenvalue weighted by atomic mass is 16.6. The Morgan fingerprint density at radius 1 is 0.667 bits per heavy atom. The standard InChI is InChI=1S/C38H35NO9/c1-3-35(42)47-24-29(40)22-45-31-18-14-26(15-19-31)38(27-16-20-32(21-17-27)46-23-30(41)25-48-36(43)4-2)34-13-9-8-12-33(34)37(44)39(38)28-10-6-5-7-11-28/h3-21,29-30,40-41H,1-2,22-25H2. The number of para-hydroxylation sites is 1. The minimum Gasteiger partial charge on any atom is -0.491 e. The number of carbonyl (C=O) groups excluding carboxylic acids is 3. The van der Waals surface area contributed by atoms with Crippen LogP contribution in [-0.4, -0.2) is 66.7 Å². The number of nitrogens with zero attached hydrogens (tertiary/aromatic N) is 1. The summed E-state index contributed by atoms with van der Waals surface area (Å²) in [6, 6.07) is 31.4. The number of aliphatic hydroxyl groups excluding tert-OH is 2. The first-order chi connectivity index (χ1) is 23.3. The van der Waals surface area contributed by atoms with Gasteiger partial charge in [-0.3, -0.25) is 9.69 Å². The largest absolute Gasteiger partial charge is 0.491 e. The van der Waals surface area contributed by atoms with Gasteiger partial charge in [0.25, 0.3) is 5.91 Å². The third kappa shape index (κ3) is 7.15. The Kier molecular flexibility index (Phi) is 10.7. The van der Waals surface area contributed by atoms with Crippen LogP contribution in [-0.2, 0) is 24.6 Å². The lowest BCUT2D eigenvalue weighted by Crippen LogP contribution is -2.46. The molecule has 0 spiro atoms. The fourth-order valence-electron chi connectivity index (χ4n) is 5.54. The molecular formula is C38H35NO9. The quantitative estimate of drug-likeness (QED) is 0.140. The maximum atomic E-state index is 14.2. The first-order valence-corrected chi connectivity index (χ1v) is 15.2. The summed E-state index contributed by atoms with van der Waals surface area (Å²) in [5, 5.41) is 20.4. The summed E-state index contributed by atoms with van der Waals surface area (Å²) in [5.41, 5.74) is 2.45. The summed E-state index contributed by atoms with van der Waals surface area (Å²) in [6.07, 6.45) is -0.0531. The molecule has 1 aliphatic heterocycles. The summed E-state index contributed by atoms with van der Waals surface area (Å²) < 4.78 is 21.3. The van der Waals surface area contributed by atoms with E-state index in [0.717, 1.165) is 28.8 Å². The number of esters is 2. The topological polar surface area (TPSA) is 132 Å². The number of aliphatic hydroxyl groups is 2. The zero-order valence-corrected chi connectivity index (χ0v) is 26.1. The first kappa shape index (κ1) is 33.6. The van der Waals surface area contributed by atoms with Crippen LogP contribution in [0.15, 0.2) is 128 Å². The van der Waals surface area contributed by atoms with E-state index in [1.54, 1.807) is 29.2 Å². The Morgan fingerprint density at radius 2 is 1.12 bits per heavy atom. The number of carbonyl (C=O) groups is 3. The number of ether oxygens (including phenoxy) is 4. The van der Waals surface area contributed by atoms with E-state index >= 15 is 0 Å². The molecule has 4 aromatic carbocycles. The van der Waals surface area contributed by atoms with E-state index in [1.807, 2.05) is 78.9 Å². The lowest BCUT2D eigenvalue weighted by atomic mass is 9.76. The average molecular weight is 650 g/mol. The van der Waals surface area contributed by atoms with Gasteiger partial charge in [-0.2, -0.15) is 0 Å².